The molecule has 0 saturated heterocycles. The fourth-order valence-electron chi connectivity index (χ4n) is 4.29. The molecule has 1 spiro atoms. The van der Waals surface area contributed by atoms with Crippen LogP contribution in [0.3, 0.4) is 0 Å². The van der Waals surface area contributed by atoms with Crippen LogP contribution in [0.4, 0.5) is 5.69 Å². The Hall–Kier alpha value is -2.62. The second-order valence-electron chi connectivity index (χ2n) is 7.18. The van der Waals surface area contributed by atoms with Gasteiger partial charge in [-0.15, -0.1) is 0 Å². The Kier molecular flexibility index (Phi) is 3.83. The molecule has 2 atom stereocenters. The van der Waals surface area contributed by atoms with Gasteiger partial charge in [-0.2, -0.15) is 0 Å². The molecule has 2 N–H and O–H groups in total. The number of hydrogen-bond donors (Lipinski definition) is 2. The van der Waals surface area contributed by atoms with Gasteiger partial charge in [0.2, 0.25) is 5.91 Å². The number of carboxylic acid groups (broad SMARTS) is 1. The number of rotatable bonds is 4. The van der Waals surface area contributed by atoms with Crippen molar-refractivity contribution in [3.05, 3.63) is 65.2 Å². The number of hydrogen-bond acceptors (Lipinski definition) is 2. The van der Waals surface area contributed by atoms with Gasteiger partial charge in [-0.25, -0.2) is 0 Å². The topological polar surface area (TPSA) is 66.4 Å². The Labute approximate surface area is 146 Å². The lowest BCUT2D eigenvalue weighted by molar-refractivity contribution is -0.136. The van der Waals surface area contributed by atoms with E-state index in [2.05, 4.69) is 29.6 Å². The zero-order chi connectivity index (χ0) is 17.4. The average molecular weight is 335 g/mol. The molecular formula is C21H21NO3. The first-order valence-electron chi connectivity index (χ1n) is 8.78. The Morgan fingerprint density at radius 3 is 2.64 bits per heavy atom. The maximum absolute atomic E-state index is 12.7. The van der Waals surface area contributed by atoms with E-state index in [1.165, 1.54) is 11.1 Å². The summed E-state index contributed by atoms with van der Waals surface area (Å²) in [7, 11) is 0. The molecule has 0 heterocycles. The number of anilines is 1. The second-order valence-corrected chi connectivity index (χ2v) is 7.18. The number of carbonyl (C=O) groups is 2. The van der Waals surface area contributed by atoms with Gasteiger partial charge in [0.05, 0.1) is 6.42 Å². The molecule has 0 bridgehead atoms. The van der Waals surface area contributed by atoms with Crippen molar-refractivity contribution in [3.63, 3.8) is 0 Å². The highest BCUT2D eigenvalue weighted by Gasteiger charge is 2.59. The summed E-state index contributed by atoms with van der Waals surface area (Å²) in [6, 6.07) is 15.6. The fourth-order valence-corrected chi connectivity index (χ4v) is 4.29. The molecule has 2 aliphatic rings. The van der Waals surface area contributed by atoms with Crippen molar-refractivity contribution in [1.29, 1.82) is 0 Å². The highest BCUT2D eigenvalue weighted by atomic mass is 16.4. The van der Waals surface area contributed by atoms with Gasteiger partial charge in [0, 0.05) is 17.0 Å². The van der Waals surface area contributed by atoms with E-state index >= 15 is 0 Å². The van der Waals surface area contributed by atoms with E-state index in [1.54, 1.807) is 24.3 Å². The maximum atomic E-state index is 12.7. The fraction of sp³-hybridized carbons (Fsp3) is 0.333. The van der Waals surface area contributed by atoms with Crippen LogP contribution in [0.15, 0.2) is 48.5 Å². The normalized spacial score (nSPS) is 23.8. The van der Waals surface area contributed by atoms with E-state index in [0.717, 1.165) is 36.9 Å². The number of fused-ring (bicyclic) bond motifs is 2. The lowest BCUT2D eigenvalue weighted by Crippen LogP contribution is -2.24. The monoisotopic (exact) mass is 335 g/mol. The average Bonchev–Trinajstić information content (AvgIpc) is 3.32. The zero-order valence-electron chi connectivity index (χ0n) is 14.0. The van der Waals surface area contributed by atoms with E-state index in [-0.39, 0.29) is 23.7 Å². The quantitative estimate of drug-likeness (QED) is 0.898. The number of aliphatic carboxylic acids is 1. The smallest absolute Gasteiger partial charge is 0.307 e. The van der Waals surface area contributed by atoms with Gasteiger partial charge in [0.1, 0.15) is 0 Å². The van der Waals surface area contributed by atoms with Gasteiger partial charge >= 0.3 is 5.97 Å². The first-order chi connectivity index (χ1) is 12.1. The summed E-state index contributed by atoms with van der Waals surface area (Å²) >= 11 is 0. The Morgan fingerprint density at radius 2 is 1.88 bits per heavy atom. The third-order valence-corrected chi connectivity index (χ3v) is 5.59. The zero-order valence-corrected chi connectivity index (χ0v) is 14.0. The summed E-state index contributed by atoms with van der Waals surface area (Å²) in [5, 5.41) is 11.8. The van der Waals surface area contributed by atoms with Crippen molar-refractivity contribution in [2.24, 2.45) is 5.92 Å². The number of aryl methyl sites for hydroxylation is 1. The summed E-state index contributed by atoms with van der Waals surface area (Å²) < 4.78 is 0. The summed E-state index contributed by atoms with van der Waals surface area (Å²) in [5.41, 5.74) is 4.24. The lowest BCUT2D eigenvalue weighted by atomic mass is 9.78. The molecule has 2 aromatic rings. The first kappa shape index (κ1) is 15.9. The molecular weight excluding hydrogens is 314 g/mol. The van der Waals surface area contributed by atoms with Crippen molar-refractivity contribution in [3.8, 4) is 0 Å². The molecule has 0 radical (unpaired) electrons. The van der Waals surface area contributed by atoms with Crippen LogP contribution in [-0.2, 0) is 27.8 Å². The van der Waals surface area contributed by atoms with Crippen LogP contribution in [0.1, 0.15) is 36.0 Å². The van der Waals surface area contributed by atoms with Gasteiger partial charge in [0.15, 0.2) is 0 Å². The number of nitrogens with one attached hydrogen (secondary N) is 1. The minimum absolute atomic E-state index is 0.00323. The Bertz CT molecular complexity index is 827. The Balaban J connectivity index is 1.46. The van der Waals surface area contributed by atoms with E-state index in [0.29, 0.717) is 0 Å². The van der Waals surface area contributed by atoms with Gasteiger partial charge in [0.25, 0.3) is 0 Å². The van der Waals surface area contributed by atoms with E-state index in [4.69, 9.17) is 5.11 Å². The molecule has 2 aliphatic carbocycles. The van der Waals surface area contributed by atoms with E-state index in [1.807, 2.05) is 0 Å². The maximum Gasteiger partial charge on any atom is 0.307 e. The van der Waals surface area contributed by atoms with Gasteiger partial charge in [-0.3, -0.25) is 9.59 Å². The third kappa shape index (κ3) is 2.93. The summed E-state index contributed by atoms with van der Waals surface area (Å²) in [6.45, 7) is 0. The summed E-state index contributed by atoms with van der Waals surface area (Å²) in [4.78, 5) is 23.4. The largest absolute Gasteiger partial charge is 0.481 e. The van der Waals surface area contributed by atoms with Crippen LogP contribution in [0.5, 0.6) is 0 Å². The number of amides is 1. The highest BCUT2D eigenvalue weighted by Crippen LogP contribution is 2.60. The van der Waals surface area contributed by atoms with Crippen molar-refractivity contribution in [2.75, 3.05) is 5.32 Å². The van der Waals surface area contributed by atoms with Gasteiger partial charge < -0.3 is 10.4 Å². The predicted molar refractivity (Wildman–Crippen MR) is 95.6 cm³/mol. The molecule has 2 unspecified atom stereocenters. The standard InChI is InChI=1S/C21H21NO3/c23-19(24)12-14-7-9-16(10-8-14)22-20(25)18-13-21(18)11-3-5-15-4-1-2-6-17(15)21/h1-2,4,6-10,18H,3,5,11-13H2,(H,22,25)(H,23,24). The predicted octanol–water partition coefficient (Wildman–Crippen LogP) is 3.55. The molecule has 4 nitrogen and oxygen atoms in total. The van der Waals surface area contributed by atoms with Gasteiger partial charge in [-0.05, 0) is 54.5 Å². The number of carbonyl (C=O) groups excluding carboxylic acids is 1. The molecule has 1 saturated carbocycles. The van der Waals surface area contributed by atoms with Crippen molar-refractivity contribution in [2.45, 2.75) is 37.5 Å². The summed E-state index contributed by atoms with van der Waals surface area (Å²) in [5.74, 6) is -0.747. The molecule has 1 fully saturated rings. The van der Waals surface area contributed by atoms with Crippen molar-refractivity contribution in [1.82, 2.24) is 0 Å². The second kappa shape index (κ2) is 6.03. The molecule has 128 valence electrons. The highest BCUT2D eigenvalue weighted by molar-refractivity contribution is 5.96. The van der Waals surface area contributed by atoms with E-state index < -0.39 is 5.97 Å². The van der Waals surface area contributed by atoms with Crippen molar-refractivity contribution < 1.29 is 14.7 Å². The molecule has 0 aromatic heterocycles. The lowest BCUT2D eigenvalue weighted by Gasteiger charge is -2.26. The SMILES string of the molecule is O=C(O)Cc1ccc(NC(=O)C2CC23CCCc2ccccc23)cc1. The van der Waals surface area contributed by atoms with Crippen LogP contribution in [0.2, 0.25) is 0 Å². The molecule has 0 aliphatic heterocycles. The van der Waals surface area contributed by atoms with Crippen LogP contribution in [0.25, 0.3) is 0 Å². The molecule has 1 amide bonds. The molecule has 25 heavy (non-hydrogen) atoms. The minimum atomic E-state index is -0.854. The molecule has 2 aromatic carbocycles. The van der Waals surface area contributed by atoms with Crippen LogP contribution >= 0.6 is 0 Å². The molecule has 4 rings (SSSR count). The van der Waals surface area contributed by atoms with Crippen LogP contribution < -0.4 is 5.32 Å². The number of benzene rings is 2. The first-order valence-corrected chi connectivity index (χ1v) is 8.78. The van der Waals surface area contributed by atoms with Crippen molar-refractivity contribution >= 4 is 17.6 Å². The molecule has 4 heteroatoms. The van der Waals surface area contributed by atoms with Gasteiger partial charge in [-0.1, -0.05) is 36.4 Å². The summed E-state index contributed by atoms with van der Waals surface area (Å²) in [6.07, 6.45) is 4.26. The third-order valence-electron chi connectivity index (χ3n) is 5.59. The van der Waals surface area contributed by atoms with Crippen LogP contribution in [0, 0.1) is 5.92 Å². The van der Waals surface area contributed by atoms with E-state index in [9.17, 15) is 9.59 Å². The van der Waals surface area contributed by atoms with Crippen LogP contribution in [-0.4, -0.2) is 17.0 Å². The minimum Gasteiger partial charge on any atom is -0.481 e. The number of carboxylic acids is 1. The Morgan fingerprint density at radius 1 is 1.12 bits per heavy atom.